The van der Waals surface area contributed by atoms with Gasteiger partial charge in [-0.15, -0.1) is 0 Å². The maximum Gasteiger partial charge on any atom is 0.0710 e. The van der Waals surface area contributed by atoms with Crippen LogP contribution in [0.1, 0.15) is 26.2 Å². The minimum Gasteiger partial charge on any atom is -0.380 e. The molecule has 0 aromatic carbocycles. The molecule has 1 unspecified atom stereocenters. The standard InChI is InChI=1S/C11H24N2O/c1-3-4-6-12-7-9-13-8-5-11(10-13)14-2/h11-12H,3-10H2,1-2H3. The van der Waals surface area contributed by atoms with Gasteiger partial charge in [0.1, 0.15) is 0 Å². The molecule has 1 aliphatic heterocycles. The maximum absolute atomic E-state index is 5.32. The Morgan fingerprint density at radius 2 is 2.29 bits per heavy atom. The van der Waals surface area contributed by atoms with Gasteiger partial charge in [-0.25, -0.2) is 0 Å². The third-order valence-electron chi connectivity index (χ3n) is 2.87. The number of rotatable bonds is 7. The number of methoxy groups -OCH3 is 1. The molecule has 3 heteroatoms. The zero-order chi connectivity index (χ0) is 10.2. The predicted molar refractivity (Wildman–Crippen MR) is 59.6 cm³/mol. The molecule has 3 nitrogen and oxygen atoms in total. The van der Waals surface area contributed by atoms with Crippen molar-refractivity contribution in [3.63, 3.8) is 0 Å². The van der Waals surface area contributed by atoms with Gasteiger partial charge in [0.25, 0.3) is 0 Å². The average Bonchev–Trinajstić information content (AvgIpc) is 2.65. The van der Waals surface area contributed by atoms with Crippen LogP contribution in [0.2, 0.25) is 0 Å². The van der Waals surface area contributed by atoms with Crippen molar-refractivity contribution < 1.29 is 4.74 Å². The zero-order valence-corrected chi connectivity index (χ0v) is 9.59. The molecule has 1 heterocycles. The molecule has 0 aromatic rings. The fourth-order valence-electron chi connectivity index (χ4n) is 1.86. The molecule has 0 aromatic heterocycles. The second-order valence-electron chi connectivity index (χ2n) is 4.05. The van der Waals surface area contributed by atoms with E-state index in [1.807, 2.05) is 7.11 Å². The molecule has 84 valence electrons. The van der Waals surface area contributed by atoms with Crippen molar-refractivity contribution in [2.75, 3.05) is 39.8 Å². The van der Waals surface area contributed by atoms with Gasteiger partial charge < -0.3 is 10.1 Å². The number of hydrogen-bond donors (Lipinski definition) is 1. The number of unbranched alkanes of at least 4 members (excludes halogenated alkanes) is 1. The SMILES string of the molecule is CCCCNCCN1CCC(OC)C1. The van der Waals surface area contributed by atoms with Crippen LogP contribution in [0.15, 0.2) is 0 Å². The van der Waals surface area contributed by atoms with Crippen molar-refractivity contribution in [2.24, 2.45) is 0 Å². The summed E-state index contributed by atoms with van der Waals surface area (Å²) in [5, 5.41) is 3.46. The monoisotopic (exact) mass is 200 g/mol. The molecule has 1 atom stereocenters. The summed E-state index contributed by atoms with van der Waals surface area (Å²) in [6, 6.07) is 0. The normalized spacial score (nSPS) is 23.1. The Morgan fingerprint density at radius 3 is 2.93 bits per heavy atom. The lowest BCUT2D eigenvalue weighted by Gasteiger charge is -2.15. The van der Waals surface area contributed by atoms with Crippen LogP contribution in [0.3, 0.4) is 0 Å². The Balaban J connectivity index is 1.92. The number of nitrogens with one attached hydrogen (secondary N) is 1. The predicted octanol–water partition coefficient (Wildman–Crippen LogP) is 1.10. The first-order valence-corrected chi connectivity index (χ1v) is 5.82. The van der Waals surface area contributed by atoms with Gasteiger partial charge >= 0.3 is 0 Å². The summed E-state index contributed by atoms with van der Waals surface area (Å²) in [6.45, 7) is 8.00. The Hall–Kier alpha value is -0.120. The summed E-state index contributed by atoms with van der Waals surface area (Å²) in [5.41, 5.74) is 0. The lowest BCUT2D eigenvalue weighted by atomic mass is 10.3. The lowest BCUT2D eigenvalue weighted by Crippen LogP contribution is -2.31. The molecule has 1 aliphatic rings. The van der Waals surface area contributed by atoms with Gasteiger partial charge in [0.05, 0.1) is 6.10 Å². The van der Waals surface area contributed by atoms with E-state index in [0.717, 1.165) is 19.6 Å². The van der Waals surface area contributed by atoms with Crippen molar-refractivity contribution in [2.45, 2.75) is 32.3 Å². The van der Waals surface area contributed by atoms with Crippen molar-refractivity contribution >= 4 is 0 Å². The van der Waals surface area contributed by atoms with Crippen LogP contribution in [0.5, 0.6) is 0 Å². The largest absolute Gasteiger partial charge is 0.380 e. The molecule has 0 bridgehead atoms. The minimum atomic E-state index is 0.477. The van der Waals surface area contributed by atoms with E-state index < -0.39 is 0 Å². The molecule has 1 saturated heterocycles. The fraction of sp³-hybridized carbons (Fsp3) is 1.00. The van der Waals surface area contributed by atoms with E-state index in [2.05, 4.69) is 17.1 Å². The summed E-state index contributed by atoms with van der Waals surface area (Å²) in [4.78, 5) is 2.48. The highest BCUT2D eigenvalue weighted by molar-refractivity contribution is 4.75. The highest BCUT2D eigenvalue weighted by Gasteiger charge is 2.20. The summed E-state index contributed by atoms with van der Waals surface area (Å²) >= 11 is 0. The first-order valence-electron chi connectivity index (χ1n) is 5.82. The molecule has 0 aliphatic carbocycles. The highest BCUT2D eigenvalue weighted by atomic mass is 16.5. The van der Waals surface area contributed by atoms with Crippen molar-refractivity contribution in [1.82, 2.24) is 10.2 Å². The van der Waals surface area contributed by atoms with Gasteiger partial charge in [-0.05, 0) is 19.4 Å². The quantitative estimate of drug-likeness (QED) is 0.623. The molecule has 14 heavy (non-hydrogen) atoms. The Bertz CT molecular complexity index is 141. The summed E-state index contributed by atoms with van der Waals surface area (Å²) < 4.78 is 5.32. The first-order chi connectivity index (χ1) is 6.86. The molecule has 1 N–H and O–H groups in total. The molecule has 0 saturated carbocycles. The second kappa shape index (κ2) is 7.21. The Morgan fingerprint density at radius 1 is 1.43 bits per heavy atom. The number of hydrogen-bond acceptors (Lipinski definition) is 3. The van der Waals surface area contributed by atoms with E-state index in [1.54, 1.807) is 0 Å². The molecule has 0 radical (unpaired) electrons. The molecular formula is C11H24N2O. The Labute approximate surface area is 87.8 Å². The topological polar surface area (TPSA) is 24.5 Å². The van der Waals surface area contributed by atoms with Crippen LogP contribution >= 0.6 is 0 Å². The van der Waals surface area contributed by atoms with E-state index in [4.69, 9.17) is 4.74 Å². The van der Waals surface area contributed by atoms with Crippen LogP contribution < -0.4 is 5.32 Å². The maximum atomic E-state index is 5.32. The van der Waals surface area contributed by atoms with E-state index >= 15 is 0 Å². The summed E-state index contributed by atoms with van der Waals surface area (Å²) in [6.07, 6.45) is 4.25. The first kappa shape index (κ1) is 12.0. The summed E-state index contributed by atoms with van der Waals surface area (Å²) in [7, 11) is 1.81. The average molecular weight is 200 g/mol. The van der Waals surface area contributed by atoms with Crippen molar-refractivity contribution in [3.8, 4) is 0 Å². The van der Waals surface area contributed by atoms with Gasteiger partial charge in [-0.2, -0.15) is 0 Å². The zero-order valence-electron chi connectivity index (χ0n) is 9.59. The van der Waals surface area contributed by atoms with E-state index in [9.17, 15) is 0 Å². The van der Waals surface area contributed by atoms with Crippen LogP contribution in [-0.4, -0.2) is 50.8 Å². The minimum absolute atomic E-state index is 0.477. The number of nitrogens with zero attached hydrogens (tertiary/aromatic N) is 1. The van der Waals surface area contributed by atoms with Gasteiger partial charge in [-0.3, -0.25) is 4.90 Å². The third kappa shape index (κ3) is 4.40. The van der Waals surface area contributed by atoms with Gasteiger partial charge in [0.15, 0.2) is 0 Å². The summed E-state index contributed by atoms with van der Waals surface area (Å²) in [5.74, 6) is 0. The molecular weight excluding hydrogens is 176 g/mol. The van der Waals surface area contributed by atoms with E-state index in [1.165, 1.54) is 32.4 Å². The van der Waals surface area contributed by atoms with Crippen LogP contribution in [0.4, 0.5) is 0 Å². The van der Waals surface area contributed by atoms with Crippen molar-refractivity contribution in [3.05, 3.63) is 0 Å². The van der Waals surface area contributed by atoms with E-state index in [-0.39, 0.29) is 0 Å². The van der Waals surface area contributed by atoms with Crippen LogP contribution in [0, 0.1) is 0 Å². The van der Waals surface area contributed by atoms with Gasteiger partial charge in [-0.1, -0.05) is 13.3 Å². The molecule has 1 fully saturated rings. The highest BCUT2D eigenvalue weighted by Crippen LogP contribution is 2.10. The Kier molecular flexibility index (Phi) is 6.15. The molecule has 1 rings (SSSR count). The molecule has 0 spiro atoms. The lowest BCUT2D eigenvalue weighted by molar-refractivity contribution is 0.108. The fourth-order valence-corrected chi connectivity index (χ4v) is 1.86. The van der Waals surface area contributed by atoms with E-state index in [0.29, 0.717) is 6.10 Å². The number of likely N-dealkylation sites (tertiary alicyclic amines) is 1. The van der Waals surface area contributed by atoms with Crippen molar-refractivity contribution in [1.29, 1.82) is 0 Å². The molecule has 0 amide bonds. The second-order valence-corrected chi connectivity index (χ2v) is 4.05. The van der Waals surface area contributed by atoms with Gasteiger partial charge in [0, 0.05) is 33.3 Å². The van der Waals surface area contributed by atoms with Crippen LogP contribution in [-0.2, 0) is 4.74 Å². The smallest absolute Gasteiger partial charge is 0.0710 e. The number of ether oxygens (including phenoxy) is 1. The third-order valence-corrected chi connectivity index (χ3v) is 2.87. The van der Waals surface area contributed by atoms with Gasteiger partial charge in [0.2, 0.25) is 0 Å². The van der Waals surface area contributed by atoms with Crippen LogP contribution in [0.25, 0.3) is 0 Å².